The SMILES string of the molecule is C#CC(N)CCCOCC. The zero-order valence-corrected chi connectivity index (χ0v) is 6.47. The van der Waals surface area contributed by atoms with Crippen molar-refractivity contribution in [3.63, 3.8) is 0 Å². The van der Waals surface area contributed by atoms with Gasteiger partial charge in [-0.3, -0.25) is 0 Å². The van der Waals surface area contributed by atoms with Crippen molar-refractivity contribution in [3.8, 4) is 12.3 Å². The first kappa shape index (κ1) is 9.48. The molecule has 1 atom stereocenters. The fourth-order valence-electron chi connectivity index (χ4n) is 0.633. The lowest BCUT2D eigenvalue weighted by molar-refractivity contribution is 0.143. The fraction of sp³-hybridized carbons (Fsp3) is 0.750. The van der Waals surface area contributed by atoms with Gasteiger partial charge in [-0.2, -0.15) is 0 Å². The van der Waals surface area contributed by atoms with E-state index in [1.807, 2.05) is 6.92 Å². The summed E-state index contributed by atoms with van der Waals surface area (Å²) in [6, 6.07) is -0.0968. The average molecular weight is 141 g/mol. The molecule has 1 unspecified atom stereocenters. The molecule has 2 N–H and O–H groups in total. The van der Waals surface area contributed by atoms with Crippen LogP contribution in [0.2, 0.25) is 0 Å². The van der Waals surface area contributed by atoms with Crippen LogP contribution < -0.4 is 5.73 Å². The van der Waals surface area contributed by atoms with Crippen LogP contribution in [0.5, 0.6) is 0 Å². The molecule has 58 valence electrons. The van der Waals surface area contributed by atoms with E-state index < -0.39 is 0 Å². The van der Waals surface area contributed by atoms with Crippen molar-refractivity contribution in [2.24, 2.45) is 5.73 Å². The van der Waals surface area contributed by atoms with E-state index in [2.05, 4.69) is 5.92 Å². The number of nitrogens with two attached hydrogens (primary N) is 1. The minimum Gasteiger partial charge on any atom is -0.382 e. The molecule has 0 aromatic carbocycles. The van der Waals surface area contributed by atoms with Crippen LogP contribution in [0.25, 0.3) is 0 Å². The first-order valence-corrected chi connectivity index (χ1v) is 3.60. The predicted octanol–water partition coefficient (Wildman–Crippen LogP) is 0.764. The quantitative estimate of drug-likeness (QED) is 0.453. The molecule has 0 fully saturated rings. The van der Waals surface area contributed by atoms with Crippen LogP contribution in [0, 0.1) is 12.3 Å². The molecule has 10 heavy (non-hydrogen) atoms. The van der Waals surface area contributed by atoms with Gasteiger partial charge in [-0.15, -0.1) is 6.42 Å². The molecule has 0 aromatic rings. The third-order valence-electron chi connectivity index (χ3n) is 1.22. The highest BCUT2D eigenvalue weighted by molar-refractivity contribution is 4.95. The molecule has 0 heterocycles. The summed E-state index contributed by atoms with van der Waals surface area (Å²) in [4.78, 5) is 0. The van der Waals surface area contributed by atoms with Crippen molar-refractivity contribution in [2.45, 2.75) is 25.8 Å². The monoisotopic (exact) mass is 141 g/mol. The summed E-state index contributed by atoms with van der Waals surface area (Å²) in [5.41, 5.74) is 5.46. The van der Waals surface area contributed by atoms with E-state index in [0.717, 1.165) is 26.1 Å². The molecular weight excluding hydrogens is 126 g/mol. The van der Waals surface area contributed by atoms with Gasteiger partial charge in [0.05, 0.1) is 6.04 Å². The van der Waals surface area contributed by atoms with Gasteiger partial charge in [0, 0.05) is 13.2 Å². The van der Waals surface area contributed by atoms with E-state index in [4.69, 9.17) is 16.9 Å². The van der Waals surface area contributed by atoms with E-state index in [0.29, 0.717) is 0 Å². The van der Waals surface area contributed by atoms with E-state index in [1.54, 1.807) is 0 Å². The lowest BCUT2D eigenvalue weighted by Crippen LogP contribution is -2.17. The molecule has 0 radical (unpaired) electrons. The van der Waals surface area contributed by atoms with Crippen molar-refractivity contribution in [3.05, 3.63) is 0 Å². The Hall–Kier alpha value is -0.520. The first-order valence-electron chi connectivity index (χ1n) is 3.60. The lowest BCUT2D eigenvalue weighted by Gasteiger charge is -2.02. The second kappa shape index (κ2) is 6.60. The van der Waals surface area contributed by atoms with Crippen LogP contribution in [-0.2, 0) is 4.74 Å². The van der Waals surface area contributed by atoms with Gasteiger partial charge in [-0.05, 0) is 19.8 Å². The number of hydrogen-bond donors (Lipinski definition) is 1. The summed E-state index contributed by atoms with van der Waals surface area (Å²) >= 11 is 0. The predicted molar refractivity (Wildman–Crippen MR) is 42.5 cm³/mol. The Morgan fingerprint density at radius 2 is 2.40 bits per heavy atom. The molecule has 0 bridgehead atoms. The molecular formula is C8H15NO. The molecule has 0 aromatic heterocycles. The number of terminal acetylenes is 1. The molecule has 0 saturated heterocycles. The maximum Gasteiger partial charge on any atom is 0.0662 e. The van der Waals surface area contributed by atoms with Crippen molar-refractivity contribution in [2.75, 3.05) is 13.2 Å². The van der Waals surface area contributed by atoms with Gasteiger partial charge in [-0.1, -0.05) is 5.92 Å². The maximum atomic E-state index is 5.46. The normalized spacial score (nSPS) is 12.5. The maximum absolute atomic E-state index is 5.46. The van der Waals surface area contributed by atoms with Crippen molar-refractivity contribution in [1.82, 2.24) is 0 Å². The van der Waals surface area contributed by atoms with Gasteiger partial charge >= 0.3 is 0 Å². The summed E-state index contributed by atoms with van der Waals surface area (Å²) < 4.78 is 5.10. The van der Waals surface area contributed by atoms with Gasteiger partial charge in [0.2, 0.25) is 0 Å². The largest absolute Gasteiger partial charge is 0.382 e. The van der Waals surface area contributed by atoms with Crippen LogP contribution in [0.15, 0.2) is 0 Å². The van der Waals surface area contributed by atoms with Crippen LogP contribution in [-0.4, -0.2) is 19.3 Å². The van der Waals surface area contributed by atoms with Gasteiger partial charge in [0.1, 0.15) is 0 Å². The van der Waals surface area contributed by atoms with Crippen LogP contribution >= 0.6 is 0 Å². The molecule has 2 heteroatoms. The number of hydrogen-bond acceptors (Lipinski definition) is 2. The smallest absolute Gasteiger partial charge is 0.0662 e. The highest BCUT2D eigenvalue weighted by Crippen LogP contribution is 1.92. The molecule has 0 aliphatic carbocycles. The summed E-state index contributed by atoms with van der Waals surface area (Å²) in [6.45, 7) is 3.51. The third kappa shape index (κ3) is 5.61. The Labute approximate surface area is 62.7 Å². The second-order valence-corrected chi connectivity index (χ2v) is 2.11. The number of ether oxygens (including phenoxy) is 1. The zero-order chi connectivity index (χ0) is 7.82. The first-order chi connectivity index (χ1) is 4.81. The molecule has 2 nitrogen and oxygen atoms in total. The zero-order valence-electron chi connectivity index (χ0n) is 6.47. The molecule has 0 saturated carbocycles. The van der Waals surface area contributed by atoms with Crippen molar-refractivity contribution >= 4 is 0 Å². The summed E-state index contributed by atoms with van der Waals surface area (Å²) in [7, 11) is 0. The van der Waals surface area contributed by atoms with Crippen molar-refractivity contribution in [1.29, 1.82) is 0 Å². The molecule has 0 amide bonds. The molecule has 0 aliphatic rings. The lowest BCUT2D eigenvalue weighted by atomic mass is 10.2. The highest BCUT2D eigenvalue weighted by Gasteiger charge is 1.94. The van der Waals surface area contributed by atoms with Gasteiger partial charge in [-0.25, -0.2) is 0 Å². The highest BCUT2D eigenvalue weighted by atomic mass is 16.5. The Morgan fingerprint density at radius 3 is 2.90 bits per heavy atom. The molecule has 0 rings (SSSR count). The molecule has 0 spiro atoms. The Balaban J connectivity index is 2.98. The fourth-order valence-corrected chi connectivity index (χ4v) is 0.633. The van der Waals surface area contributed by atoms with Gasteiger partial charge < -0.3 is 10.5 Å². The average Bonchev–Trinajstić information content (AvgIpc) is 1.98. The Kier molecular flexibility index (Phi) is 6.25. The summed E-state index contributed by atoms with van der Waals surface area (Å²) in [6.07, 6.45) is 6.89. The van der Waals surface area contributed by atoms with Crippen LogP contribution in [0.4, 0.5) is 0 Å². The van der Waals surface area contributed by atoms with Gasteiger partial charge in [0.15, 0.2) is 0 Å². The van der Waals surface area contributed by atoms with E-state index in [1.165, 1.54) is 0 Å². The van der Waals surface area contributed by atoms with Crippen molar-refractivity contribution < 1.29 is 4.74 Å². The minimum atomic E-state index is -0.0968. The topological polar surface area (TPSA) is 35.2 Å². The van der Waals surface area contributed by atoms with E-state index >= 15 is 0 Å². The minimum absolute atomic E-state index is 0.0968. The summed E-state index contributed by atoms with van der Waals surface area (Å²) in [5.74, 6) is 2.46. The van der Waals surface area contributed by atoms with Gasteiger partial charge in [0.25, 0.3) is 0 Å². The van der Waals surface area contributed by atoms with Crippen LogP contribution in [0.1, 0.15) is 19.8 Å². The number of rotatable bonds is 5. The second-order valence-electron chi connectivity index (χ2n) is 2.11. The summed E-state index contributed by atoms with van der Waals surface area (Å²) in [5, 5.41) is 0. The van der Waals surface area contributed by atoms with E-state index in [-0.39, 0.29) is 6.04 Å². The molecule has 0 aliphatic heterocycles. The Bertz CT molecular complexity index is 106. The van der Waals surface area contributed by atoms with E-state index in [9.17, 15) is 0 Å². The van der Waals surface area contributed by atoms with Crippen LogP contribution in [0.3, 0.4) is 0 Å². The third-order valence-corrected chi connectivity index (χ3v) is 1.22. The standard InChI is InChI=1S/C8H15NO/c1-3-8(9)6-5-7-10-4-2/h1,8H,4-7,9H2,2H3. The Morgan fingerprint density at radius 1 is 1.70 bits per heavy atom.